The van der Waals surface area contributed by atoms with E-state index in [1.165, 1.54) is 6.26 Å². The summed E-state index contributed by atoms with van der Waals surface area (Å²) >= 11 is 1.56. The molecule has 1 N–H and O–H groups in total. The predicted molar refractivity (Wildman–Crippen MR) is 92.4 cm³/mol. The van der Waals surface area contributed by atoms with Crippen molar-refractivity contribution < 1.29 is 18.7 Å². The Morgan fingerprint density at radius 2 is 2.04 bits per heavy atom. The second kappa shape index (κ2) is 7.00. The van der Waals surface area contributed by atoms with Crippen molar-refractivity contribution in [3.8, 4) is 5.75 Å². The Bertz CT molecular complexity index is 741. The molecule has 24 heavy (non-hydrogen) atoms. The van der Waals surface area contributed by atoms with E-state index in [4.69, 9.17) is 9.15 Å². The molecule has 2 aromatic rings. The lowest BCUT2D eigenvalue weighted by molar-refractivity contribution is -0.119. The minimum absolute atomic E-state index is 0.180. The average Bonchev–Trinajstić information content (AvgIpc) is 3.24. The first-order valence-corrected chi connectivity index (χ1v) is 8.63. The van der Waals surface area contributed by atoms with Crippen molar-refractivity contribution in [1.29, 1.82) is 0 Å². The predicted octanol–water partition coefficient (Wildman–Crippen LogP) is 2.75. The van der Waals surface area contributed by atoms with Gasteiger partial charge in [-0.3, -0.25) is 9.59 Å². The van der Waals surface area contributed by atoms with Gasteiger partial charge in [0.25, 0.3) is 5.91 Å². The second-order valence-corrected chi connectivity index (χ2v) is 6.40. The Kier molecular flexibility index (Phi) is 4.80. The molecule has 2 amide bonds. The normalized spacial score (nSPS) is 16.9. The maximum Gasteiger partial charge on any atom is 0.258 e. The van der Waals surface area contributed by atoms with E-state index >= 15 is 0 Å². The lowest BCUT2D eigenvalue weighted by Crippen LogP contribution is -2.44. The Hall–Kier alpha value is -2.41. The number of nitrogens with zero attached hydrogens (tertiary/aromatic N) is 1. The fourth-order valence-corrected chi connectivity index (χ4v) is 3.68. The van der Waals surface area contributed by atoms with E-state index in [-0.39, 0.29) is 11.8 Å². The number of nitrogens with one attached hydrogen (secondary N) is 1. The number of hydrogen-bond donors (Lipinski definition) is 1. The molecule has 3 rings (SSSR count). The van der Waals surface area contributed by atoms with Crippen molar-refractivity contribution >= 4 is 29.3 Å². The Balaban J connectivity index is 1.71. The number of carbonyl (C=O) groups excluding carboxylic acids is 2. The van der Waals surface area contributed by atoms with Gasteiger partial charge >= 0.3 is 0 Å². The van der Waals surface area contributed by atoms with E-state index < -0.39 is 6.04 Å². The first-order chi connectivity index (χ1) is 11.6. The van der Waals surface area contributed by atoms with Crippen molar-refractivity contribution in [3.63, 3.8) is 0 Å². The van der Waals surface area contributed by atoms with Gasteiger partial charge in [-0.15, -0.1) is 11.8 Å². The number of rotatable bonds is 4. The van der Waals surface area contributed by atoms with Gasteiger partial charge in [0.2, 0.25) is 5.91 Å². The molecular weight excluding hydrogens is 328 g/mol. The molecule has 1 aromatic carbocycles. The van der Waals surface area contributed by atoms with E-state index in [0.717, 1.165) is 5.75 Å². The summed E-state index contributed by atoms with van der Waals surface area (Å²) in [5.74, 6) is 1.97. The maximum absolute atomic E-state index is 12.6. The van der Waals surface area contributed by atoms with Gasteiger partial charge < -0.3 is 19.4 Å². The Labute approximate surface area is 144 Å². The zero-order valence-electron chi connectivity index (χ0n) is 13.4. The summed E-state index contributed by atoms with van der Waals surface area (Å²) < 4.78 is 10.3. The molecule has 0 unspecified atom stereocenters. The fourth-order valence-electron chi connectivity index (χ4n) is 2.52. The van der Waals surface area contributed by atoms with E-state index in [1.54, 1.807) is 61.0 Å². The highest BCUT2D eigenvalue weighted by Gasteiger charge is 2.36. The minimum Gasteiger partial charge on any atom is -0.497 e. The summed E-state index contributed by atoms with van der Waals surface area (Å²) in [7, 11) is 1.59. The molecule has 126 valence electrons. The molecule has 7 heteroatoms. The summed E-state index contributed by atoms with van der Waals surface area (Å²) in [6, 6.07) is 8.22. The third-order valence-electron chi connectivity index (χ3n) is 3.89. The van der Waals surface area contributed by atoms with Crippen LogP contribution < -0.4 is 10.1 Å². The smallest absolute Gasteiger partial charge is 0.258 e. The van der Waals surface area contributed by atoms with Crippen molar-refractivity contribution in [2.24, 2.45) is 0 Å². The first kappa shape index (κ1) is 16.4. The highest BCUT2D eigenvalue weighted by molar-refractivity contribution is 7.99. The first-order valence-electron chi connectivity index (χ1n) is 7.48. The fraction of sp³-hybridized carbons (Fsp3) is 0.294. The van der Waals surface area contributed by atoms with Crippen molar-refractivity contribution in [1.82, 2.24) is 4.90 Å². The third-order valence-corrected chi connectivity index (χ3v) is 4.90. The van der Waals surface area contributed by atoms with Gasteiger partial charge in [0.1, 0.15) is 17.6 Å². The molecule has 1 atom stereocenters. The van der Waals surface area contributed by atoms with Gasteiger partial charge in [-0.05, 0) is 37.3 Å². The molecule has 2 heterocycles. The number of hydrogen-bond acceptors (Lipinski definition) is 5. The van der Waals surface area contributed by atoms with Gasteiger partial charge in [-0.2, -0.15) is 0 Å². The molecule has 1 aliphatic heterocycles. The second-order valence-electron chi connectivity index (χ2n) is 5.40. The Morgan fingerprint density at radius 1 is 1.29 bits per heavy atom. The topological polar surface area (TPSA) is 71.8 Å². The van der Waals surface area contributed by atoms with Crippen LogP contribution in [0.2, 0.25) is 0 Å². The van der Waals surface area contributed by atoms with Crippen LogP contribution in [0.4, 0.5) is 5.69 Å². The summed E-state index contributed by atoms with van der Waals surface area (Å²) in [4.78, 5) is 26.8. The molecule has 1 fully saturated rings. The minimum atomic E-state index is -0.501. The number of methoxy groups -OCH3 is 1. The van der Waals surface area contributed by atoms with Crippen LogP contribution in [0.15, 0.2) is 41.0 Å². The number of carbonyl (C=O) groups is 2. The van der Waals surface area contributed by atoms with Crippen LogP contribution in [0, 0.1) is 6.92 Å². The number of furan rings is 1. The van der Waals surface area contributed by atoms with Crippen molar-refractivity contribution in [3.05, 3.63) is 47.9 Å². The molecular formula is C17H18N2O4S. The molecule has 0 aliphatic carbocycles. The van der Waals surface area contributed by atoms with Gasteiger partial charge in [-0.25, -0.2) is 0 Å². The van der Waals surface area contributed by atoms with E-state index in [1.807, 2.05) is 0 Å². The van der Waals surface area contributed by atoms with E-state index in [9.17, 15) is 9.59 Å². The monoisotopic (exact) mass is 346 g/mol. The zero-order chi connectivity index (χ0) is 17.1. The summed E-state index contributed by atoms with van der Waals surface area (Å²) in [6.07, 6.45) is 1.48. The van der Waals surface area contributed by atoms with Crippen LogP contribution in [-0.2, 0) is 4.79 Å². The van der Waals surface area contributed by atoms with Gasteiger partial charge in [0, 0.05) is 11.4 Å². The quantitative estimate of drug-likeness (QED) is 0.922. The van der Waals surface area contributed by atoms with E-state index in [2.05, 4.69) is 5.32 Å². The number of aryl methyl sites for hydroxylation is 1. The number of amides is 2. The largest absolute Gasteiger partial charge is 0.497 e. The molecule has 6 nitrogen and oxygen atoms in total. The summed E-state index contributed by atoms with van der Waals surface area (Å²) in [5, 5.41) is 2.85. The summed E-state index contributed by atoms with van der Waals surface area (Å²) in [6.45, 7) is 1.74. The number of anilines is 1. The van der Waals surface area contributed by atoms with Crippen LogP contribution in [0.25, 0.3) is 0 Å². The van der Waals surface area contributed by atoms with E-state index in [0.29, 0.717) is 28.6 Å². The van der Waals surface area contributed by atoms with Crippen LogP contribution >= 0.6 is 11.8 Å². The highest BCUT2D eigenvalue weighted by Crippen LogP contribution is 2.26. The van der Waals surface area contributed by atoms with Crippen molar-refractivity contribution in [2.45, 2.75) is 13.0 Å². The van der Waals surface area contributed by atoms with Gasteiger partial charge in [0.05, 0.1) is 24.8 Å². The molecule has 1 saturated heterocycles. The highest BCUT2D eigenvalue weighted by atomic mass is 32.2. The third kappa shape index (κ3) is 3.26. The Morgan fingerprint density at radius 3 is 2.67 bits per heavy atom. The summed E-state index contributed by atoms with van der Waals surface area (Å²) in [5.41, 5.74) is 1.17. The molecule has 0 saturated carbocycles. The standard InChI is InChI=1S/C17H18N2O4S/c1-11-14(7-8-23-11)17(21)19-10-24-9-15(19)16(20)18-12-3-5-13(22-2)6-4-12/h3-8,15H,9-10H2,1-2H3,(H,18,20)/t15-/m0/s1. The average molecular weight is 346 g/mol. The lowest BCUT2D eigenvalue weighted by Gasteiger charge is -2.22. The number of benzene rings is 1. The van der Waals surface area contributed by atoms with Crippen LogP contribution in [0.3, 0.4) is 0 Å². The SMILES string of the molecule is COc1ccc(NC(=O)[C@@H]2CSCN2C(=O)c2ccoc2C)cc1. The molecule has 0 bridgehead atoms. The maximum atomic E-state index is 12.6. The van der Waals surface area contributed by atoms with Crippen LogP contribution in [0.1, 0.15) is 16.1 Å². The van der Waals surface area contributed by atoms with Gasteiger partial charge in [-0.1, -0.05) is 0 Å². The molecule has 1 aromatic heterocycles. The number of thioether (sulfide) groups is 1. The zero-order valence-corrected chi connectivity index (χ0v) is 14.3. The molecule has 0 spiro atoms. The molecule has 0 radical (unpaired) electrons. The van der Waals surface area contributed by atoms with Crippen LogP contribution in [0.5, 0.6) is 5.75 Å². The van der Waals surface area contributed by atoms with Gasteiger partial charge in [0.15, 0.2) is 0 Å². The number of ether oxygens (including phenoxy) is 1. The lowest BCUT2D eigenvalue weighted by atomic mass is 10.2. The molecule has 1 aliphatic rings. The van der Waals surface area contributed by atoms with Crippen molar-refractivity contribution in [2.75, 3.05) is 24.1 Å². The van der Waals surface area contributed by atoms with Crippen LogP contribution in [-0.4, -0.2) is 41.5 Å².